The number of benzene rings is 2. The molecule has 0 aliphatic rings. The summed E-state index contributed by atoms with van der Waals surface area (Å²) in [6.07, 6.45) is 0.770. The summed E-state index contributed by atoms with van der Waals surface area (Å²) >= 11 is 14.1. The molecule has 2 aromatic carbocycles. The summed E-state index contributed by atoms with van der Waals surface area (Å²) in [6.45, 7) is 0. The first-order chi connectivity index (χ1) is 12.2. The van der Waals surface area contributed by atoms with Gasteiger partial charge in [-0.05, 0) is 29.6 Å². The maximum absolute atomic E-state index is 6.20. The molecular formula is C20H14Cl2N2S. The molecule has 2 heterocycles. The molecule has 2 aromatic heterocycles. The molecule has 4 aromatic rings. The van der Waals surface area contributed by atoms with Crippen molar-refractivity contribution in [2.45, 2.75) is 6.42 Å². The van der Waals surface area contributed by atoms with Crippen molar-refractivity contribution in [3.63, 3.8) is 0 Å². The van der Waals surface area contributed by atoms with Crippen LogP contribution in [0, 0.1) is 0 Å². The summed E-state index contributed by atoms with van der Waals surface area (Å²) in [5.41, 5.74) is 3.83. The second-order valence-corrected chi connectivity index (χ2v) is 7.59. The van der Waals surface area contributed by atoms with E-state index in [4.69, 9.17) is 28.2 Å². The first-order valence-electron chi connectivity index (χ1n) is 7.82. The molecule has 0 radical (unpaired) electrons. The Morgan fingerprint density at radius 2 is 1.64 bits per heavy atom. The molecule has 2 nitrogen and oxygen atoms in total. The zero-order chi connectivity index (χ0) is 17.2. The third-order valence-electron chi connectivity index (χ3n) is 3.87. The first-order valence-corrected chi connectivity index (χ1v) is 9.46. The monoisotopic (exact) mass is 384 g/mol. The largest absolute Gasteiger partial charge is 0.341 e. The average molecular weight is 385 g/mol. The highest BCUT2D eigenvalue weighted by Crippen LogP contribution is 2.34. The molecule has 0 saturated heterocycles. The molecule has 0 aliphatic carbocycles. The van der Waals surface area contributed by atoms with Gasteiger partial charge in [-0.3, -0.25) is 0 Å². The SMILES string of the molecule is Clc1cc(Cl)cc(-c2nc(Cc3cccs3)[nH]c2-c2ccccc2)c1. The van der Waals surface area contributed by atoms with Crippen molar-refractivity contribution in [3.8, 4) is 22.5 Å². The summed E-state index contributed by atoms with van der Waals surface area (Å²) in [7, 11) is 0. The Bertz CT molecular complexity index is 972. The molecule has 1 N–H and O–H groups in total. The van der Waals surface area contributed by atoms with Gasteiger partial charge in [-0.15, -0.1) is 11.3 Å². The predicted octanol–water partition coefficient (Wildman–Crippen LogP) is 6.70. The van der Waals surface area contributed by atoms with Crippen LogP contribution in [0.25, 0.3) is 22.5 Å². The standard InChI is InChI=1S/C20H14Cl2N2S/c21-15-9-14(10-16(22)11-15)20-19(13-5-2-1-3-6-13)23-18(24-20)12-17-7-4-8-25-17/h1-11H,12H2,(H,23,24). The van der Waals surface area contributed by atoms with Crippen molar-refractivity contribution in [2.75, 3.05) is 0 Å². The topological polar surface area (TPSA) is 28.7 Å². The number of halogens is 2. The van der Waals surface area contributed by atoms with Crippen LogP contribution in [-0.4, -0.2) is 9.97 Å². The molecule has 0 amide bonds. The lowest BCUT2D eigenvalue weighted by atomic mass is 10.1. The number of nitrogens with zero attached hydrogens (tertiary/aromatic N) is 1. The number of nitrogens with one attached hydrogen (secondary N) is 1. The van der Waals surface area contributed by atoms with Gasteiger partial charge in [0.15, 0.2) is 0 Å². The number of hydrogen-bond donors (Lipinski definition) is 1. The molecule has 0 spiro atoms. The number of H-pyrrole nitrogens is 1. The fourth-order valence-electron chi connectivity index (χ4n) is 2.80. The number of hydrogen-bond acceptors (Lipinski definition) is 2. The zero-order valence-corrected chi connectivity index (χ0v) is 15.5. The van der Waals surface area contributed by atoms with Gasteiger partial charge in [0.05, 0.1) is 11.4 Å². The van der Waals surface area contributed by atoms with Crippen LogP contribution in [0.5, 0.6) is 0 Å². The third kappa shape index (κ3) is 3.64. The molecule has 0 fully saturated rings. The quantitative estimate of drug-likeness (QED) is 0.416. The molecule has 0 aliphatic heterocycles. The Balaban J connectivity index is 1.84. The second-order valence-electron chi connectivity index (χ2n) is 5.69. The fourth-order valence-corrected chi connectivity index (χ4v) is 4.03. The Hall–Kier alpha value is -2.07. The zero-order valence-electron chi connectivity index (χ0n) is 13.2. The minimum absolute atomic E-state index is 0.601. The Labute approximate surface area is 160 Å². The van der Waals surface area contributed by atoms with E-state index in [9.17, 15) is 0 Å². The van der Waals surface area contributed by atoms with Gasteiger partial charge in [-0.1, -0.05) is 59.6 Å². The highest BCUT2D eigenvalue weighted by atomic mass is 35.5. The molecular weight excluding hydrogens is 371 g/mol. The lowest BCUT2D eigenvalue weighted by Gasteiger charge is -2.04. The van der Waals surface area contributed by atoms with Crippen molar-refractivity contribution in [3.05, 3.63) is 86.8 Å². The average Bonchev–Trinajstić information content (AvgIpc) is 3.25. The summed E-state index contributed by atoms with van der Waals surface area (Å²) < 4.78 is 0. The lowest BCUT2D eigenvalue weighted by Crippen LogP contribution is -1.87. The Morgan fingerprint density at radius 3 is 2.32 bits per heavy atom. The van der Waals surface area contributed by atoms with Gasteiger partial charge in [0.25, 0.3) is 0 Å². The molecule has 0 atom stereocenters. The van der Waals surface area contributed by atoms with Crippen LogP contribution in [0.1, 0.15) is 10.7 Å². The van der Waals surface area contributed by atoms with Gasteiger partial charge >= 0.3 is 0 Å². The van der Waals surface area contributed by atoms with Gasteiger partial charge < -0.3 is 4.98 Å². The van der Waals surface area contributed by atoms with Crippen LogP contribution in [0.3, 0.4) is 0 Å². The fraction of sp³-hybridized carbons (Fsp3) is 0.0500. The summed E-state index contributed by atoms with van der Waals surface area (Å²) in [5.74, 6) is 0.924. The van der Waals surface area contributed by atoms with E-state index in [1.54, 1.807) is 17.4 Å². The normalized spacial score (nSPS) is 11.0. The molecule has 0 unspecified atom stereocenters. The van der Waals surface area contributed by atoms with Crippen molar-refractivity contribution in [1.82, 2.24) is 9.97 Å². The maximum atomic E-state index is 6.20. The van der Waals surface area contributed by atoms with Gasteiger partial charge in [0, 0.05) is 32.5 Å². The number of aromatic amines is 1. The molecule has 4 rings (SSSR count). The van der Waals surface area contributed by atoms with Crippen LogP contribution >= 0.6 is 34.5 Å². The van der Waals surface area contributed by atoms with Crippen molar-refractivity contribution < 1.29 is 0 Å². The third-order valence-corrected chi connectivity index (χ3v) is 5.19. The van der Waals surface area contributed by atoms with Gasteiger partial charge in [-0.2, -0.15) is 0 Å². The molecule has 0 bridgehead atoms. The number of rotatable bonds is 4. The van der Waals surface area contributed by atoms with Gasteiger partial charge in [-0.25, -0.2) is 4.98 Å². The van der Waals surface area contributed by atoms with Crippen molar-refractivity contribution in [1.29, 1.82) is 0 Å². The van der Waals surface area contributed by atoms with E-state index in [2.05, 4.69) is 34.6 Å². The smallest absolute Gasteiger partial charge is 0.112 e. The van der Waals surface area contributed by atoms with Crippen LogP contribution in [0.2, 0.25) is 10.0 Å². The highest BCUT2D eigenvalue weighted by molar-refractivity contribution is 7.09. The maximum Gasteiger partial charge on any atom is 0.112 e. The molecule has 25 heavy (non-hydrogen) atoms. The Kier molecular flexibility index (Phi) is 4.62. The first kappa shape index (κ1) is 16.4. The van der Waals surface area contributed by atoms with E-state index in [0.29, 0.717) is 10.0 Å². The van der Waals surface area contributed by atoms with E-state index in [0.717, 1.165) is 34.8 Å². The van der Waals surface area contributed by atoms with Gasteiger partial charge in [0.1, 0.15) is 5.82 Å². The number of thiophene rings is 1. The van der Waals surface area contributed by atoms with Crippen molar-refractivity contribution >= 4 is 34.5 Å². The number of aromatic nitrogens is 2. The van der Waals surface area contributed by atoms with E-state index in [1.165, 1.54) is 4.88 Å². The van der Waals surface area contributed by atoms with Crippen LogP contribution in [0.4, 0.5) is 0 Å². The van der Waals surface area contributed by atoms with Crippen LogP contribution < -0.4 is 0 Å². The van der Waals surface area contributed by atoms with E-state index in [1.807, 2.05) is 30.3 Å². The van der Waals surface area contributed by atoms with E-state index < -0.39 is 0 Å². The lowest BCUT2D eigenvalue weighted by molar-refractivity contribution is 1.05. The minimum atomic E-state index is 0.601. The predicted molar refractivity (Wildman–Crippen MR) is 107 cm³/mol. The minimum Gasteiger partial charge on any atom is -0.341 e. The Morgan fingerprint density at radius 1 is 0.880 bits per heavy atom. The molecule has 0 saturated carbocycles. The van der Waals surface area contributed by atoms with E-state index in [-0.39, 0.29) is 0 Å². The summed E-state index contributed by atoms with van der Waals surface area (Å²) in [5, 5.41) is 3.28. The van der Waals surface area contributed by atoms with Crippen LogP contribution in [-0.2, 0) is 6.42 Å². The second kappa shape index (κ2) is 7.04. The van der Waals surface area contributed by atoms with Gasteiger partial charge in [0.2, 0.25) is 0 Å². The van der Waals surface area contributed by atoms with Crippen LogP contribution in [0.15, 0.2) is 66.0 Å². The molecule has 5 heteroatoms. The van der Waals surface area contributed by atoms with E-state index >= 15 is 0 Å². The van der Waals surface area contributed by atoms with Crippen molar-refractivity contribution in [2.24, 2.45) is 0 Å². The summed E-state index contributed by atoms with van der Waals surface area (Å²) in [4.78, 5) is 9.60. The summed E-state index contributed by atoms with van der Waals surface area (Å²) in [6, 6.07) is 19.9. The molecule has 124 valence electrons. The highest BCUT2D eigenvalue weighted by Gasteiger charge is 2.15. The number of imidazole rings is 1.